The standard InChI is InChI=1S/C11H15BrN2O/c1-14-5-4-13-7-10(14)9-3-2-8(12)6-11(9)15/h2-3,6,10,13,15H,4-5,7H2,1H3. The van der Waals surface area contributed by atoms with Gasteiger partial charge in [0.15, 0.2) is 0 Å². The van der Waals surface area contributed by atoms with Crippen LogP contribution >= 0.6 is 15.9 Å². The zero-order valence-corrected chi connectivity index (χ0v) is 10.3. The van der Waals surface area contributed by atoms with Crippen molar-refractivity contribution in [2.45, 2.75) is 6.04 Å². The van der Waals surface area contributed by atoms with Crippen LogP contribution in [0.1, 0.15) is 11.6 Å². The largest absolute Gasteiger partial charge is 0.508 e. The molecule has 0 aliphatic carbocycles. The highest BCUT2D eigenvalue weighted by Crippen LogP contribution is 2.30. The van der Waals surface area contributed by atoms with Crippen LogP contribution < -0.4 is 5.32 Å². The summed E-state index contributed by atoms with van der Waals surface area (Å²) in [5.74, 6) is 0.366. The Labute approximate surface area is 98.2 Å². The van der Waals surface area contributed by atoms with Crippen LogP contribution in [0.3, 0.4) is 0 Å². The molecule has 82 valence electrons. The van der Waals surface area contributed by atoms with Crippen LogP contribution in [-0.4, -0.2) is 36.7 Å². The molecule has 1 unspecified atom stereocenters. The Kier molecular flexibility index (Phi) is 3.29. The lowest BCUT2D eigenvalue weighted by atomic mass is 10.0. The van der Waals surface area contributed by atoms with Gasteiger partial charge in [-0.25, -0.2) is 0 Å². The molecule has 0 radical (unpaired) electrons. The number of phenols is 1. The van der Waals surface area contributed by atoms with Crippen LogP contribution in [0.25, 0.3) is 0 Å². The average molecular weight is 271 g/mol. The lowest BCUT2D eigenvalue weighted by Crippen LogP contribution is -2.43. The number of nitrogens with one attached hydrogen (secondary N) is 1. The van der Waals surface area contributed by atoms with Crippen LogP contribution in [0, 0.1) is 0 Å². The van der Waals surface area contributed by atoms with Crippen LogP contribution in [0.4, 0.5) is 0 Å². The molecule has 4 heteroatoms. The molecule has 0 amide bonds. The van der Waals surface area contributed by atoms with E-state index in [1.54, 1.807) is 6.07 Å². The van der Waals surface area contributed by atoms with E-state index >= 15 is 0 Å². The normalized spacial score (nSPS) is 22.9. The van der Waals surface area contributed by atoms with Crippen molar-refractivity contribution in [3.05, 3.63) is 28.2 Å². The number of halogens is 1. The zero-order valence-electron chi connectivity index (χ0n) is 8.70. The monoisotopic (exact) mass is 270 g/mol. The fraction of sp³-hybridized carbons (Fsp3) is 0.455. The third kappa shape index (κ3) is 2.33. The highest BCUT2D eigenvalue weighted by atomic mass is 79.9. The Morgan fingerprint density at radius 1 is 1.53 bits per heavy atom. The number of hydrogen-bond acceptors (Lipinski definition) is 3. The number of benzene rings is 1. The maximum Gasteiger partial charge on any atom is 0.121 e. The number of likely N-dealkylation sites (N-methyl/N-ethyl adjacent to an activating group) is 1. The first-order chi connectivity index (χ1) is 7.18. The molecule has 0 bridgehead atoms. The predicted octanol–water partition coefficient (Wildman–Crippen LogP) is 1.73. The van der Waals surface area contributed by atoms with Crippen molar-refractivity contribution in [2.75, 3.05) is 26.7 Å². The molecule has 0 saturated carbocycles. The van der Waals surface area contributed by atoms with E-state index in [0.29, 0.717) is 5.75 Å². The summed E-state index contributed by atoms with van der Waals surface area (Å²) >= 11 is 3.35. The van der Waals surface area contributed by atoms with Crippen molar-refractivity contribution in [1.82, 2.24) is 10.2 Å². The molecule has 3 nitrogen and oxygen atoms in total. The first-order valence-corrected chi connectivity index (χ1v) is 5.87. The summed E-state index contributed by atoms with van der Waals surface area (Å²) in [6, 6.07) is 5.97. The van der Waals surface area contributed by atoms with Crippen molar-refractivity contribution < 1.29 is 5.11 Å². The van der Waals surface area contributed by atoms with Gasteiger partial charge in [-0.15, -0.1) is 0 Å². The van der Waals surface area contributed by atoms with Crippen LogP contribution in [0.15, 0.2) is 22.7 Å². The summed E-state index contributed by atoms with van der Waals surface area (Å²) in [5, 5.41) is 13.2. The van der Waals surface area contributed by atoms with E-state index in [-0.39, 0.29) is 6.04 Å². The summed E-state index contributed by atoms with van der Waals surface area (Å²) in [4.78, 5) is 2.26. The minimum absolute atomic E-state index is 0.270. The van der Waals surface area contributed by atoms with E-state index in [1.807, 2.05) is 12.1 Å². The van der Waals surface area contributed by atoms with Crippen molar-refractivity contribution >= 4 is 15.9 Å². The summed E-state index contributed by atoms with van der Waals surface area (Å²) < 4.78 is 0.912. The molecule has 1 aliphatic rings. The topological polar surface area (TPSA) is 35.5 Å². The number of hydrogen-bond donors (Lipinski definition) is 2. The number of phenolic OH excluding ortho intramolecular Hbond substituents is 1. The van der Waals surface area contributed by atoms with Gasteiger partial charge in [-0.05, 0) is 19.2 Å². The van der Waals surface area contributed by atoms with E-state index in [9.17, 15) is 5.11 Å². The molecule has 1 fully saturated rings. The van der Waals surface area contributed by atoms with Gasteiger partial charge in [0.1, 0.15) is 5.75 Å². The molecule has 15 heavy (non-hydrogen) atoms. The molecule has 1 heterocycles. The van der Waals surface area contributed by atoms with Gasteiger partial charge in [-0.1, -0.05) is 22.0 Å². The first-order valence-electron chi connectivity index (χ1n) is 5.08. The number of piperazine rings is 1. The van der Waals surface area contributed by atoms with E-state index in [0.717, 1.165) is 29.7 Å². The summed E-state index contributed by atoms with van der Waals surface area (Å²) in [6.45, 7) is 2.93. The average Bonchev–Trinajstić information content (AvgIpc) is 2.20. The zero-order chi connectivity index (χ0) is 10.8. The Balaban J connectivity index is 2.27. The number of nitrogens with zero attached hydrogens (tertiary/aromatic N) is 1. The van der Waals surface area contributed by atoms with Gasteiger partial charge in [0.2, 0.25) is 0 Å². The number of aromatic hydroxyl groups is 1. The second-order valence-corrected chi connectivity index (χ2v) is 4.82. The molecule has 1 aromatic rings. The van der Waals surface area contributed by atoms with Gasteiger partial charge < -0.3 is 10.4 Å². The maximum atomic E-state index is 9.88. The van der Waals surface area contributed by atoms with Gasteiger partial charge in [0, 0.05) is 29.7 Å². The molecule has 1 aliphatic heterocycles. The van der Waals surface area contributed by atoms with E-state index in [1.165, 1.54) is 0 Å². The fourth-order valence-corrected chi connectivity index (χ4v) is 2.30. The molecule has 0 aromatic heterocycles. The molecule has 1 atom stereocenters. The van der Waals surface area contributed by atoms with Crippen LogP contribution in [-0.2, 0) is 0 Å². The van der Waals surface area contributed by atoms with Gasteiger partial charge >= 0.3 is 0 Å². The summed E-state index contributed by atoms with van der Waals surface area (Å²) in [5.41, 5.74) is 0.993. The second kappa shape index (κ2) is 4.51. The molecule has 2 rings (SSSR count). The molecular weight excluding hydrogens is 256 g/mol. The summed E-state index contributed by atoms with van der Waals surface area (Å²) in [7, 11) is 2.09. The third-order valence-electron chi connectivity index (χ3n) is 2.86. The van der Waals surface area contributed by atoms with Crippen molar-refractivity contribution in [2.24, 2.45) is 0 Å². The second-order valence-electron chi connectivity index (χ2n) is 3.90. The van der Waals surface area contributed by atoms with Crippen molar-refractivity contribution in [3.8, 4) is 5.75 Å². The van der Waals surface area contributed by atoms with E-state index < -0.39 is 0 Å². The van der Waals surface area contributed by atoms with Crippen LogP contribution in [0.5, 0.6) is 5.75 Å². The third-order valence-corrected chi connectivity index (χ3v) is 3.36. The summed E-state index contributed by atoms with van der Waals surface area (Å²) in [6.07, 6.45) is 0. The molecule has 0 spiro atoms. The van der Waals surface area contributed by atoms with Crippen LogP contribution in [0.2, 0.25) is 0 Å². The van der Waals surface area contributed by atoms with Gasteiger partial charge in [-0.2, -0.15) is 0 Å². The Morgan fingerprint density at radius 3 is 3.00 bits per heavy atom. The predicted molar refractivity (Wildman–Crippen MR) is 64.0 cm³/mol. The smallest absolute Gasteiger partial charge is 0.121 e. The Hall–Kier alpha value is -0.580. The molecular formula is C11H15BrN2O. The maximum absolute atomic E-state index is 9.88. The van der Waals surface area contributed by atoms with E-state index in [4.69, 9.17) is 0 Å². The first kappa shape index (κ1) is 10.9. The van der Waals surface area contributed by atoms with Crippen molar-refractivity contribution in [1.29, 1.82) is 0 Å². The van der Waals surface area contributed by atoms with Gasteiger partial charge in [0.25, 0.3) is 0 Å². The highest BCUT2D eigenvalue weighted by Gasteiger charge is 2.22. The lowest BCUT2D eigenvalue weighted by Gasteiger charge is -2.33. The molecule has 1 aromatic carbocycles. The van der Waals surface area contributed by atoms with Gasteiger partial charge in [-0.3, -0.25) is 4.90 Å². The Bertz CT molecular complexity index is 356. The quantitative estimate of drug-likeness (QED) is 0.816. The fourth-order valence-electron chi connectivity index (χ4n) is 1.95. The van der Waals surface area contributed by atoms with E-state index in [2.05, 4.69) is 33.2 Å². The minimum Gasteiger partial charge on any atom is -0.508 e. The minimum atomic E-state index is 0.270. The lowest BCUT2D eigenvalue weighted by molar-refractivity contribution is 0.199. The molecule has 1 saturated heterocycles. The number of rotatable bonds is 1. The SMILES string of the molecule is CN1CCNCC1c1ccc(Br)cc1O. The Morgan fingerprint density at radius 2 is 2.33 bits per heavy atom. The van der Waals surface area contributed by atoms with Gasteiger partial charge in [0.05, 0.1) is 6.04 Å². The highest BCUT2D eigenvalue weighted by molar-refractivity contribution is 9.10. The molecule has 2 N–H and O–H groups in total. The van der Waals surface area contributed by atoms with Crippen molar-refractivity contribution in [3.63, 3.8) is 0 Å².